The Morgan fingerprint density at radius 1 is 1.25 bits per heavy atom. The van der Waals surface area contributed by atoms with Crippen LogP contribution in [-0.2, 0) is 12.8 Å². The minimum Gasteiger partial charge on any atom is -0.365 e. The van der Waals surface area contributed by atoms with E-state index in [0.29, 0.717) is 0 Å². The summed E-state index contributed by atoms with van der Waals surface area (Å²) in [6.07, 6.45) is 6.39. The molecule has 1 heterocycles. The third kappa shape index (κ3) is 1.81. The van der Waals surface area contributed by atoms with Gasteiger partial charge in [-0.3, -0.25) is 0 Å². The van der Waals surface area contributed by atoms with Crippen molar-refractivity contribution in [3.63, 3.8) is 0 Å². The van der Waals surface area contributed by atoms with Gasteiger partial charge in [-0.25, -0.2) is 4.98 Å². The van der Waals surface area contributed by atoms with Crippen molar-refractivity contribution in [2.45, 2.75) is 51.5 Å². The SMILES string of the molecule is CC(C)(Nc1ccc2c(n1)CCC2)C1CC1. The van der Waals surface area contributed by atoms with Gasteiger partial charge < -0.3 is 5.32 Å². The van der Waals surface area contributed by atoms with Crippen molar-refractivity contribution in [2.24, 2.45) is 5.92 Å². The second-order valence-electron chi connectivity index (χ2n) is 5.78. The van der Waals surface area contributed by atoms with Gasteiger partial charge in [-0.1, -0.05) is 6.07 Å². The molecule has 1 saturated carbocycles. The molecule has 86 valence electrons. The van der Waals surface area contributed by atoms with E-state index in [1.165, 1.54) is 36.9 Å². The van der Waals surface area contributed by atoms with E-state index in [2.05, 4.69) is 31.3 Å². The summed E-state index contributed by atoms with van der Waals surface area (Å²) in [4.78, 5) is 4.74. The van der Waals surface area contributed by atoms with E-state index in [0.717, 1.165) is 18.2 Å². The van der Waals surface area contributed by atoms with Gasteiger partial charge >= 0.3 is 0 Å². The van der Waals surface area contributed by atoms with Crippen LogP contribution in [0.4, 0.5) is 5.82 Å². The summed E-state index contributed by atoms with van der Waals surface area (Å²) in [6.45, 7) is 4.58. The molecule has 0 unspecified atom stereocenters. The third-order valence-electron chi connectivity index (χ3n) is 3.98. The van der Waals surface area contributed by atoms with E-state index in [4.69, 9.17) is 4.98 Å². The molecular weight excluding hydrogens is 196 g/mol. The van der Waals surface area contributed by atoms with Crippen LogP contribution in [0.15, 0.2) is 12.1 Å². The number of nitrogens with zero attached hydrogens (tertiary/aromatic N) is 1. The summed E-state index contributed by atoms with van der Waals surface area (Å²) in [5, 5.41) is 3.60. The molecule has 0 saturated heterocycles. The second kappa shape index (κ2) is 3.47. The van der Waals surface area contributed by atoms with Crippen LogP contribution in [0.25, 0.3) is 0 Å². The number of hydrogen-bond donors (Lipinski definition) is 1. The van der Waals surface area contributed by atoms with E-state index < -0.39 is 0 Å². The number of aromatic nitrogens is 1. The Balaban J connectivity index is 1.79. The first-order chi connectivity index (χ1) is 7.65. The van der Waals surface area contributed by atoms with Crippen molar-refractivity contribution in [2.75, 3.05) is 5.32 Å². The fourth-order valence-electron chi connectivity index (χ4n) is 2.73. The zero-order chi connectivity index (χ0) is 11.2. The third-order valence-corrected chi connectivity index (χ3v) is 3.98. The number of aryl methyl sites for hydroxylation is 2. The molecule has 0 atom stereocenters. The molecule has 16 heavy (non-hydrogen) atoms. The van der Waals surface area contributed by atoms with Gasteiger partial charge in [0.25, 0.3) is 0 Å². The molecule has 2 heteroatoms. The fraction of sp³-hybridized carbons (Fsp3) is 0.643. The number of hydrogen-bond acceptors (Lipinski definition) is 2. The first-order valence-electron chi connectivity index (χ1n) is 6.42. The van der Waals surface area contributed by atoms with Crippen molar-refractivity contribution in [3.8, 4) is 0 Å². The predicted molar refractivity (Wildman–Crippen MR) is 66.7 cm³/mol. The predicted octanol–water partition coefficient (Wildman–Crippen LogP) is 3.17. The highest BCUT2D eigenvalue weighted by molar-refractivity contribution is 5.42. The largest absolute Gasteiger partial charge is 0.365 e. The summed E-state index contributed by atoms with van der Waals surface area (Å²) in [5.74, 6) is 1.90. The Morgan fingerprint density at radius 3 is 2.81 bits per heavy atom. The lowest BCUT2D eigenvalue weighted by atomic mass is 9.99. The maximum atomic E-state index is 4.74. The van der Waals surface area contributed by atoms with Gasteiger partial charge in [0.15, 0.2) is 0 Å². The molecular formula is C14H20N2. The van der Waals surface area contributed by atoms with Gasteiger partial charge in [-0.05, 0) is 63.5 Å². The molecule has 1 fully saturated rings. The van der Waals surface area contributed by atoms with Crippen molar-refractivity contribution >= 4 is 5.82 Å². The monoisotopic (exact) mass is 216 g/mol. The molecule has 2 aliphatic rings. The lowest BCUT2D eigenvalue weighted by Crippen LogP contribution is -2.33. The first kappa shape index (κ1) is 10.1. The van der Waals surface area contributed by atoms with Crippen LogP contribution in [0, 0.1) is 5.92 Å². The van der Waals surface area contributed by atoms with E-state index >= 15 is 0 Å². The van der Waals surface area contributed by atoms with Gasteiger partial charge in [0.1, 0.15) is 5.82 Å². The summed E-state index contributed by atoms with van der Waals surface area (Å²) < 4.78 is 0. The molecule has 0 bridgehead atoms. The number of pyridine rings is 1. The molecule has 1 aromatic rings. The molecule has 2 nitrogen and oxygen atoms in total. The van der Waals surface area contributed by atoms with Gasteiger partial charge in [0.05, 0.1) is 0 Å². The molecule has 1 aromatic heterocycles. The van der Waals surface area contributed by atoms with Crippen LogP contribution in [0.5, 0.6) is 0 Å². The number of anilines is 1. The maximum Gasteiger partial charge on any atom is 0.126 e. The van der Waals surface area contributed by atoms with E-state index in [9.17, 15) is 0 Å². The molecule has 1 N–H and O–H groups in total. The molecule has 0 amide bonds. The summed E-state index contributed by atoms with van der Waals surface area (Å²) >= 11 is 0. The van der Waals surface area contributed by atoms with Crippen LogP contribution in [0.2, 0.25) is 0 Å². The van der Waals surface area contributed by atoms with Gasteiger partial charge in [-0.2, -0.15) is 0 Å². The fourth-order valence-corrected chi connectivity index (χ4v) is 2.73. The van der Waals surface area contributed by atoms with E-state index in [1.54, 1.807) is 0 Å². The van der Waals surface area contributed by atoms with E-state index in [-0.39, 0.29) is 5.54 Å². The van der Waals surface area contributed by atoms with Gasteiger partial charge in [0, 0.05) is 11.2 Å². The lowest BCUT2D eigenvalue weighted by Gasteiger charge is -2.27. The highest BCUT2D eigenvalue weighted by Gasteiger charge is 2.37. The first-order valence-corrected chi connectivity index (χ1v) is 6.42. The Hall–Kier alpha value is -1.05. The van der Waals surface area contributed by atoms with Crippen LogP contribution in [-0.4, -0.2) is 10.5 Å². The highest BCUT2D eigenvalue weighted by Crippen LogP contribution is 2.41. The average Bonchev–Trinajstić information content (AvgIpc) is 2.99. The molecule has 0 radical (unpaired) electrons. The Bertz CT molecular complexity index is 405. The molecule has 2 aliphatic carbocycles. The van der Waals surface area contributed by atoms with Crippen molar-refractivity contribution in [3.05, 3.63) is 23.4 Å². The van der Waals surface area contributed by atoms with Crippen LogP contribution in [0.3, 0.4) is 0 Å². The smallest absolute Gasteiger partial charge is 0.126 e. The van der Waals surface area contributed by atoms with Crippen LogP contribution >= 0.6 is 0 Å². The number of rotatable bonds is 3. The summed E-state index contributed by atoms with van der Waals surface area (Å²) in [7, 11) is 0. The van der Waals surface area contributed by atoms with Crippen molar-refractivity contribution < 1.29 is 0 Å². The zero-order valence-electron chi connectivity index (χ0n) is 10.2. The quantitative estimate of drug-likeness (QED) is 0.839. The Morgan fingerprint density at radius 2 is 2.06 bits per heavy atom. The van der Waals surface area contributed by atoms with Gasteiger partial charge in [0.2, 0.25) is 0 Å². The topological polar surface area (TPSA) is 24.9 Å². The van der Waals surface area contributed by atoms with Crippen molar-refractivity contribution in [1.82, 2.24) is 4.98 Å². The number of fused-ring (bicyclic) bond motifs is 1. The molecule has 0 aromatic carbocycles. The lowest BCUT2D eigenvalue weighted by molar-refractivity contribution is 0.492. The molecule has 0 aliphatic heterocycles. The second-order valence-corrected chi connectivity index (χ2v) is 5.78. The minimum atomic E-state index is 0.208. The zero-order valence-corrected chi connectivity index (χ0v) is 10.2. The normalized spacial score (nSPS) is 19.6. The molecule has 3 rings (SSSR count). The standard InChI is InChI=1S/C14H20N2/c1-14(2,11-7-8-11)16-13-9-6-10-4-3-5-12(10)15-13/h6,9,11H,3-5,7-8H2,1-2H3,(H,15,16). The van der Waals surface area contributed by atoms with Crippen LogP contribution < -0.4 is 5.32 Å². The highest BCUT2D eigenvalue weighted by atomic mass is 15.1. The number of nitrogens with one attached hydrogen (secondary N) is 1. The van der Waals surface area contributed by atoms with E-state index in [1.807, 2.05) is 0 Å². The maximum absolute atomic E-state index is 4.74. The summed E-state index contributed by atoms with van der Waals surface area (Å²) in [5.41, 5.74) is 2.98. The Labute approximate surface area is 97.5 Å². The van der Waals surface area contributed by atoms with Crippen molar-refractivity contribution in [1.29, 1.82) is 0 Å². The van der Waals surface area contributed by atoms with Gasteiger partial charge in [-0.15, -0.1) is 0 Å². The average molecular weight is 216 g/mol. The minimum absolute atomic E-state index is 0.208. The van der Waals surface area contributed by atoms with Crippen LogP contribution in [0.1, 0.15) is 44.4 Å². The Kier molecular flexibility index (Phi) is 2.20. The molecule has 0 spiro atoms. The summed E-state index contributed by atoms with van der Waals surface area (Å²) in [6, 6.07) is 4.40.